The fraction of sp³-hybridized carbons (Fsp3) is 0.222. The summed E-state index contributed by atoms with van der Waals surface area (Å²) >= 11 is 13.2. The summed E-state index contributed by atoms with van der Waals surface area (Å²) in [5, 5.41) is 7.17. The van der Waals surface area contributed by atoms with Crippen LogP contribution in [0.25, 0.3) is 11.4 Å². The third-order valence-corrected chi connectivity index (χ3v) is 8.94. The number of carbonyl (C=O) groups excluding carboxylic acids is 1. The summed E-state index contributed by atoms with van der Waals surface area (Å²) in [6.45, 7) is 1.57. The van der Waals surface area contributed by atoms with Gasteiger partial charge < -0.3 is 9.84 Å². The van der Waals surface area contributed by atoms with Crippen LogP contribution in [0.3, 0.4) is 0 Å². The quantitative estimate of drug-likeness (QED) is 0.255. The minimum atomic E-state index is -3.32. The lowest BCUT2D eigenvalue weighted by Crippen LogP contribution is -2.16. The summed E-state index contributed by atoms with van der Waals surface area (Å²) in [7, 11) is -3.32. The van der Waals surface area contributed by atoms with Crippen molar-refractivity contribution < 1.29 is 26.5 Å². The van der Waals surface area contributed by atoms with Crippen molar-refractivity contribution in [3.63, 3.8) is 0 Å². The maximum Gasteiger partial charge on any atom is 0.237 e. The number of amides is 1. The van der Waals surface area contributed by atoms with E-state index in [2.05, 4.69) is 15.5 Å². The highest BCUT2D eigenvalue weighted by molar-refractivity contribution is 7.91. The summed E-state index contributed by atoms with van der Waals surface area (Å²) in [5.41, 5.74) is 0.793. The summed E-state index contributed by atoms with van der Waals surface area (Å²) in [6.07, 6.45) is 1.23. The van der Waals surface area contributed by atoms with Crippen molar-refractivity contribution in [2.75, 3.05) is 11.1 Å². The molecular weight excluding hydrogens is 571 g/mol. The van der Waals surface area contributed by atoms with Gasteiger partial charge in [0, 0.05) is 27.4 Å². The lowest BCUT2D eigenvalue weighted by molar-refractivity contribution is -0.115. The number of benzene rings is 3. The van der Waals surface area contributed by atoms with E-state index >= 15 is 0 Å². The van der Waals surface area contributed by atoms with E-state index in [9.17, 15) is 22.0 Å². The van der Waals surface area contributed by atoms with Crippen molar-refractivity contribution in [1.29, 1.82) is 0 Å². The van der Waals surface area contributed by atoms with Gasteiger partial charge in [0.2, 0.25) is 17.6 Å². The van der Waals surface area contributed by atoms with Crippen LogP contribution in [-0.2, 0) is 26.5 Å². The van der Waals surface area contributed by atoms with E-state index in [4.69, 9.17) is 27.7 Å². The number of anilines is 1. The average molecular weight is 592 g/mol. The van der Waals surface area contributed by atoms with Crippen LogP contribution >= 0.6 is 23.2 Å². The molecule has 4 aromatic rings. The Balaban J connectivity index is 1.33. The second kappa shape index (κ2) is 10.3. The predicted octanol–water partition coefficient (Wildman–Crippen LogP) is 6.38. The van der Waals surface area contributed by atoms with E-state index in [1.54, 1.807) is 31.2 Å². The predicted molar refractivity (Wildman–Crippen MR) is 143 cm³/mol. The number of rotatable bonds is 8. The zero-order valence-electron chi connectivity index (χ0n) is 20.5. The highest BCUT2D eigenvalue weighted by Crippen LogP contribution is 2.57. The molecule has 0 aliphatic heterocycles. The Bertz CT molecular complexity index is 1660. The number of aromatic nitrogens is 2. The smallest absolute Gasteiger partial charge is 0.237 e. The van der Waals surface area contributed by atoms with Crippen LogP contribution < -0.4 is 5.32 Å². The molecule has 1 aliphatic carbocycles. The Morgan fingerprint density at radius 1 is 1.05 bits per heavy atom. The molecule has 0 atom stereocenters. The van der Waals surface area contributed by atoms with Crippen molar-refractivity contribution in [2.24, 2.45) is 0 Å². The number of carbonyl (C=O) groups is 1. The SMILES string of the molecule is CCS(=O)(=O)c1ccc(CC(=O)Nc2cc(Cl)c(C3(c4nc(-c5ccc(F)cc5F)no4)CC3)c(Cl)c2)cc1. The van der Waals surface area contributed by atoms with Gasteiger partial charge in [0.25, 0.3) is 0 Å². The maximum absolute atomic E-state index is 14.2. The monoisotopic (exact) mass is 591 g/mol. The molecule has 1 aliphatic rings. The van der Waals surface area contributed by atoms with Gasteiger partial charge in [0.05, 0.1) is 28.0 Å². The minimum absolute atomic E-state index is 0.000850. The van der Waals surface area contributed by atoms with E-state index < -0.39 is 26.9 Å². The highest BCUT2D eigenvalue weighted by Gasteiger charge is 2.53. The van der Waals surface area contributed by atoms with Crippen LogP contribution in [0, 0.1) is 11.6 Å². The van der Waals surface area contributed by atoms with E-state index in [1.807, 2.05) is 0 Å². The molecule has 202 valence electrons. The van der Waals surface area contributed by atoms with E-state index in [0.29, 0.717) is 29.7 Å². The molecular formula is C27H21Cl2F2N3O4S. The third-order valence-electron chi connectivity index (χ3n) is 6.59. The number of hydrogen-bond donors (Lipinski definition) is 1. The Labute approximate surface area is 233 Å². The fourth-order valence-corrected chi connectivity index (χ4v) is 6.10. The number of nitrogens with one attached hydrogen (secondary N) is 1. The van der Waals surface area contributed by atoms with E-state index in [1.165, 1.54) is 18.2 Å². The Kier molecular flexibility index (Phi) is 7.21. The van der Waals surface area contributed by atoms with Gasteiger partial charge >= 0.3 is 0 Å². The second-order valence-corrected chi connectivity index (χ2v) is 12.3. The van der Waals surface area contributed by atoms with Gasteiger partial charge in [-0.25, -0.2) is 17.2 Å². The normalized spacial score (nSPS) is 14.3. The van der Waals surface area contributed by atoms with Crippen LogP contribution in [0.2, 0.25) is 10.0 Å². The van der Waals surface area contributed by atoms with Gasteiger partial charge in [0.1, 0.15) is 11.6 Å². The highest BCUT2D eigenvalue weighted by atomic mass is 35.5. The lowest BCUT2D eigenvalue weighted by atomic mass is 9.95. The Hall–Kier alpha value is -3.34. The largest absolute Gasteiger partial charge is 0.338 e. The lowest BCUT2D eigenvalue weighted by Gasteiger charge is -2.17. The Morgan fingerprint density at radius 2 is 1.72 bits per heavy atom. The molecule has 1 N–H and O–H groups in total. The summed E-state index contributed by atoms with van der Waals surface area (Å²) in [6, 6.07) is 12.4. The molecule has 39 heavy (non-hydrogen) atoms. The number of halogens is 4. The third kappa shape index (κ3) is 5.41. The molecule has 5 rings (SSSR count). The topological polar surface area (TPSA) is 102 Å². The van der Waals surface area contributed by atoms with Crippen molar-refractivity contribution in [2.45, 2.75) is 36.5 Å². The number of nitrogens with zero attached hydrogens (tertiary/aromatic N) is 2. The molecule has 12 heteroatoms. The molecule has 1 saturated carbocycles. The first-order valence-electron chi connectivity index (χ1n) is 11.9. The molecule has 1 amide bonds. The first-order chi connectivity index (χ1) is 18.5. The molecule has 1 heterocycles. The van der Waals surface area contributed by atoms with Crippen LogP contribution in [0.15, 0.2) is 64.0 Å². The molecule has 0 radical (unpaired) electrons. The standard InChI is InChI=1S/C27H21Cl2F2N3O4S/c1-2-39(36,37)18-6-3-15(4-7-18)11-23(35)32-17-13-20(28)24(21(29)14-17)27(9-10-27)26-33-25(34-38-26)19-8-5-16(30)12-22(19)31/h3-8,12-14H,2,9-11H2,1H3,(H,32,35). The van der Waals surface area contributed by atoms with Gasteiger partial charge in [0.15, 0.2) is 9.84 Å². The van der Waals surface area contributed by atoms with Gasteiger partial charge in [-0.05, 0) is 54.8 Å². The summed E-state index contributed by atoms with van der Waals surface area (Å²) < 4.78 is 56.9. The van der Waals surface area contributed by atoms with Crippen molar-refractivity contribution in [1.82, 2.24) is 10.1 Å². The molecule has 1 fully saturated rings. The molecule has 7 nitrogen and oxygen atoms in total. The van der Waals surface area contributed by atoms with Crippen LogP contribution in [0.1, 0.15) is 36.8 Å². The minimum Gasteiger partial charge on any atom is -0.338 e. The number of hydrogen-bond acceptors (Lipinski definition) is 6. The van der Waals surface area contributed by atoms with Gasteiger partial charge in [-0.15, -0.1) is 0 Å². The molecule has 1 aromatic heterocycles. The first-order valence-corrected chi connectivity index (χ1v) is 14.3. The summed E-state index contributed by atoms with van der Waals surface area (Å²) in [4.78, 5) is 17.2. The zero-order valence-corrected chi connectivity index (χ0v) is 22.8. The van der Waals surface area contributed by atoms with Crippen LogP contribution in [0.5, 0.6) is 0 Å². The van der Waals surface area contributed by atoms with Crippen molar-refractivity contribution in [3.8, 4) is 11.4 Å². The molecule has 3 aromatic carbocycles. The van der Waals surface area contributed by atoms with E-state index in [-0.39, 0.29) is 50.3 Å². The number of sulfone groups is 1. The van der Waals surface area contributed by atoms with Gasteiger partial charge in [-0.1, -0.05) is 47.4 Å². The molecule has 0 saturated heterocycles. The van der Waals surface area contributed by atoms with Crippen molar-refractivity contribution in [3.05, 3.63) is 93.3 Å². The van der Waals surface area contributed by atoms with Gasteiger partial charge in [-0.2, -0.15) is 4.98 Å². The summed E-state index contributed by atoms with van der Waals surface area (Å²) in [5.74, 6) is -1.70. The fourth-order valence-electron chi connectivity index (χ4n) is 4.37. The van der Waals surface area contributed by atoms with Gasteiger partial charge in [-0.3, -0.25) is 4.79 Å². The second-order valence-electron chi connectivity index (χ2n) is 9.22. The molecule has 0 bridgehead atoms. The Morgan fingerprint density at radius 3 is 2.31 bits per heavy atom. The van der Waals surface area contributed by atoms with E-state index in [0.717, 1.165) is 12.1 Å². The maximum atomic E-state index is 14.2. The van der Waals surface area contributed by atoms with Crippen LogP contribution in [0.4, 0.5) is 14.5 Å². The molecule has 0 spiro atoms. The first kappa shape index (κ1) is 27.2. The zero-order chi connectivity index (χ0) is 27.9. The average Bonchev–Trinajstić information content (AvgIpc) is 3.51. The van der Waals surface area contributed by atoms with Crippen LogP contribution in [-0.4, -0.2) is 30.2 Å². The molecule has 0 unspecified atom stereocenters. The van der Waals surface area contributed by atoms with Crippen molar-refractivity contribution >= 4 is 44.6 Å².